The fourth-order valence-electron chi connectivity index (χ4n) is 8.27. The Kier molecular flexibility index (Phi) is 5.44. The van der Waals surface area contributed by atoms with Gasteiger partial charge >= 0.3 is 5.97 Å². The van der Waals surface area contributed by atoms with Crippen molar-refractivity contribution in [3.63, 3.8) is 0 Å². The molecule has 0 saturated heterocycles. The fraction of sp³-hybridized carbons (Fsp3) is 0.880. The molecule has 4 aliphatic carbocycles. The number of fused-ring (bicyclic) bond motifs is 5. The Morgan fingerprint density at radius 1 is 1.21 bits per heavy atom. The van der Waals surface area contributed by atoms with E-state index in [0.717, 1.165) is 42.9 Å². The third-order valence-electron chi connectivity index (χ3n) is 9.87. The second-order valence-corrected chi connectivity index (χ2v) is 11.0. The van der Waals surface area contributed by atoms with E-state index in [1.165, 1.54) is 45.6 Å². The maximum Gasteiger partial charge on any atom is 0.305 e. The summed E-state index contributed by atoms with van der Waals surface area (Å²) in [7, 11) is 1.50. The van der Waals surface area contributed by atoms with Crippen LogP contribution < -0.4 is 0 Å². The van der Waals surface area contributed by atoms with Gasteiger partial charge in [0.05, 0.1) is 13.2 Å². The number of rotatable bonds is 4. The van der Waals surface area contributed by atoms with E-state index in [2.05, 4.69) is 26.8 Å². The largest absolute Gasteiger partial charge is 0.469 e. The number of allylic oxidation sites excluding steroid dienone is 1. The molecule has 0 bridgehead atoms. The summed E-state index contributed by atoms with van der Waals surface area (Å²) in [6.45, 7) is 7.46. The summed E-state index contributed by atoms with van der Waals surface area (Å²) in [5, 5.41) is 10.2. The molecule has 4 rings (SSSR count). The zero-order valence-corrected chi connectivity index (χ0v) is 18.4. The molecule has 28 heavy (non-hydrogen) atoms. The van der Waals surface area contributed by atoms with E-state index in [9.17, 15) is 9.90 Å². The van der Waals surface area contributed by atoms with Gasteiger partial charge in [-0.3, -0.25) is 4.79 Å². The number of aliphatic hydroxyl groups excluding tert-OH is 1. The minimum Gasteiger partial charge on any atom is -0.469 e. The van der Waals surface area contributed by atoms with Crippen molar-refractivity contribution in [2.45, 2.75) is 91.1 Å². The van der Waals surface area contributed by atoms with Crippen molar-refractivity contribution in [1.29, 1.82) is 0 Å². The van der Waals surface area contributed by atoms with Crippen LogP contribution in [-0.4, -0.2) is 24.3 Å². The van der Waals surface area contributed by atoms with Crippen molar-refractivity contribution in [2.75, 3.05) is 7.11 Å². The molecule has 0 unspecified atom stereocenters. The molecule has 3 saturated carbocycles. The van der Waals surface area contributed by atoms with Gasteiger partial charge in [-0.05, 0) is 98.2 Å². The molecular weight excluding hydrogens is 348 g/mol. The molecule has 1 N–H and O–H groups in total. The van der Waals surface area contributed by atoms with Gasteiger partial charge in [-0.15, -0.1) is 0 Å². The van der Waals surface area contributed by atoms with Crippen LogP contribution in [0.5, 0.6) is 0 Å². The second kappa shape index (κ2) is 7.45. The number of carbonyl (C=O) groups is 1. The monoisotopic (exact) mass is 388 g/mol. The lowest BCUT2D eigenvalue weighted by Crippen LogP contribution is -2.50. The van der Waals surface area contributed by atoms with E-state index in [-0.39, 0.29) is 12.1 Å². The highest BCUT2D eigenvalue weighted by Crippen LogP contribution is 2.67. The molecule has 0 aromatic rings. The second-order valence-electron chi connectivity index (χ2n) is 11.0. The lowest BCUT2D eigenvalue weighted by atomic mass is 9.47. The molecule has 0 aromatic heterocycles. The average Bonchev–Trinajstić information content (AvgIpc) is 3.03. The van der Waals surface area contributed by atoms with Gasteiger partial charge in [-0.2, -0.15) is 0 Å². The van der Waals surface area contributed by atoms with Crippen LogP contribution in [0.4, 0.5) is 0 Å². The molecule has 0 aliphatic heterocycles. The SMILES string of the molecule is COC(=O)CC[C@@H](C)[C@H]1CC[C@@H]2[C@@H]3CC=C4C[C@H](O)CC[C@]4(C)[C@@H]3CC[C@@]21C. The van der Waals surface area contributed by atoms with Crippen molar-refractivity contribution in [3.8, 4) is 0 Å². The van der Waals surface area contributed by atoms with Gasteiger partial charge in [0.1, 0.15) is 0 Å². The first kappa shape index (κ1) is 20.4. The van der Waals surface area contributed by atoms with Crippen LogP contribution in [0.15, 0.2) is 11.6 Å². The topological polar surface area (TPSA) is 46.5 Å². The summed E-state index contributed by atoms with van der Waals surface area (Å²) in [5.74, 6) is 3.74. The van der Waals surface area contributed by atoms with Crippen LogP contribution in [0.3, 0.4) is 0 Å². The minimum atomic E-state index is -0.115. The summed E-state index contributed by atoms with van der Waals surface area (Å²) in [6, 6.07) is 0. The highest BCUT2D eigenvalue weighted by Gasteiger charge is 2.59. The van der Waals surface area contributed by atoms with Gasteiger partial charge in [-0.1, -0.05) is 32.4 Å². The smallest absolute Gasteiger partial charge is 0.305 e. The summed E-state index contributed by atoms with van der Waals surface area (Å²) in [5.41, 5.74) is 2.34. The Labute approximate surface area is 171 Å². The van der Waals surface area contributed by atoms with Crippen molar-refractivity contribution >= 4 is 5.97 Å². The molecule has 3 fully saturated rings. The lowest BCUT2D eigenvalue weighted by Gasteiger charge is -2.58. The molecule has 0 spiro atoms. The molecule has 3 nitrogen and oxygen atoms in total. The molecule has 3 heteroatoms. The third-order valence-corrected chi connectivity index (χ3v) is 9.87. The number of hydrogen-bond acceptors (Lipinski definition) is 3. The van der Waals surface area contributed by atoms with Gasteiger partial charge in [0.15, 0.2) is 0 Å². The Hall–Kier alpha value is -0.830. The summed E-state index contributed by atoms with van der Waals surface area (Å²) >= 11 is 0. The van der Waals surface area contributed by atoms with Gasteiger partial charge < -0.3 is 9.84 Å². The Morgan fingerprint density at radius 2 is 2.00 bits per heavy atom. The first-order valence-electron chi connectivity index (χ1n) is 11.7. The van der Waals surface area contributed by atoms with E-state index in [0.29, 0.717) is 23.2 Å². The molecule has 158 valence electrons. The Bertz CT molecular complexity index is 640. The predicted molar refractivity (Wildman–Crippen MR) is 112 cm³/mol. The molecule has 0 heterocycles. The highest BCUT2D eigenvalue weighted by molar-refractivity contribution is 5.69. The van der Waals surface area contributed by atoms with Crippen LogP contribution in [0.25, 0.3) is 0 Å². The standard InChI is InChI=1S/C25H40O3/c1-16(5-10-23(27)28-4)20-8-9-21-19-7-6-17-15-18(26)11-13-24(17,2)22(19)12-14-25(20,21)3/h6,16,18-22,26H,5,7-15H2,1-4H3/t16-,18-,19+,20-,21-,22-,24+,25-/m1/s1. The summed E-state index contributed by atoms with van der Waals surface area (Å²) in [4.78, 5) is 11.6. The van der Waals surface area contributed by atoms with Crippen molar-refractivity contribution in [2.24, 2.45) is 40.4 Å². The van der Waals surface area contributed by atoms with Crippen molar-refractivity contribution in [3.05, 3.63) is 11.6 Å². The zero-order chi connectivity index (χ0) is 20.1. The lowest BCUT2D eigenvalue weighted by molar-refractivity contribution is -0.141. The third kappa shape index (κ3) is 3.16. The number of ether oxygens (including phenoxy) is 1. The highest BCUT2D eigenvalue weighted by atomic mass is 16.5. The Morgan fingerprint density at radius 3 is 2.75 bits per heavy atom. The van der Waals surface area contributed by atoms with E-state index in [1.807, 2.05) is 0 Å². The van der Waals surface area contributed by atoms with Gasteiger partial charge in [0, 0.05) is 6.42 Å². The van der Waals surface area contributed by atoms with Gasteiger partial charge in [0.2, 0.25) is 0 Å². The minimum absolute atomic E-state index is 0.0624. The quantitative estimate of drug-likeness (QED) is 0.510. The predicted octanol–water partition coefficient (Wildman–Crippen LogP) is 5.52. The van der Waals surface area contributed by atoms with E-state index in [1.54, 1.807) is 5.57 Å². The van der Waals surface area contributed by atoms with Crippen LogP contribution in [0.2, 0.25) is 0 Å². The van der Waals surface area contributed by atoms with E-state index < -0.39 is 0 Å². The number of carbonyl (C=O) groups excluding carboxylic acids is 1. The number of methoxy groups -OCH3 is 1. The van der Waals surface area contributed by atoms with E-state index in [4.69, 9.17) is 4.74 Å². The van der Waals surface area contributed by atoms with Crippen molar-refractivity contribution in [1.82, 2.24) is 0 Å². The first-order valence-corrected chi connectivity index (χ1v) is 11.7. The number of hydrogen-bond donors (Lipinski definition) is 1. The molecular formula is C25H40O3. The fourth-order valence-corrected chi connectivity index (χ4v) is 8.27. The Balaban J connectivity index is 1.51. The normalized spacial score (nSPS) is 46.0. The van der Waals surface area contributed by atoms with Crippen LogP contribution in [0.1, 0.15) is 85.0 Å². The van der Waals surface area contributed by atoms with E-state index >= 15 is 0 Å². The zero-order valence-electron chi connectivity index (χ0n) is 18.4. The van der Waals surface area contributed by atoms with Crippen LogP contribution >= 0.6 is 0 Å². The molecule has 8 atom stereocenters. The molecule has 4 aliphatic rings. The molecule has 0 amide bonds. The molecule has 0 radical (unpaired) electrons. The van der Waals surface area contributed by atoms with Crippen LogP contribution in [0, 0.1) is 40.4 Å². The maximum absolute atomic E-state index is 11.6. The average molecular weight is 389 g/mol. The number of aliphatic hydroxyl groups is 1. The first-order chi connectivity index (χ1) is 13.3. The van der Waals surface area contributed by atoms with Gasteiger partial charge in [0.25, 0.3) is 0 Å². The van der Waals surface area contributed by atoms with Gasteiger partial charge in [-0.25, -0.2) is 0 Å². The summed E-state index contributed by atoms with van der Waals surface area (Å²) < 4.78 is 4.87. The maximum atomic E-state index is 11.6. The summed E-state index contributed by atoms with van der Waals surface area (Å²) in [6.07, 6.45) is 13.6. The molecule has 0 aromatic carbocycles. The number of esters is 1. The van der Waals surface area contributed by atoms with Crippen molar-refractivity contribution < 1.29 is 14.6 Å². The van der Waals surface area contributed by atoms with Crippen LogP contribution in [-0.2, 0) is 9.53 Å².